The Hall–Kier alpha value is -1.35. The molecular formula is C18H24N2O. The van der Waals surface area contributed by atoms with Crippen LogP contribution in [0.25, 0.3) is 0 Å². The normalized spacial score (nSPS) is 36.9. The van der Waals surface area contributed by atoms with Crippen LogP contribution in [0.4, 0.5) is 0 Å². The molecule has 0 saturated heterocycles. The number of primary amides is 1. The number of amides is 1. The van der Waals surface area contributed by atoms with Crippen molar-refractivity contribution in [3.8, 4) is 0 Å². The molecule has 3 aliphatic carbocycles. The average molecular weight is 284 g/mol. The molecule has 3 aliphatic rings. The van der Waals surface area contributed by atoms with E-state index in [1.807, 2.05) is 12.1 Å². The van der Waals surface area contributed by atoms with Gasteiger partial charge in [-0.3, -0.25) is 4.79 Å². The van der Waals surface area contributed by atoms with Gasteiger partial charge in [0.25, 0.3) is 0 Å². The average Bonchev–Trinajstić information content (AvgIpc) is 3.17. The van der Waals surface area contributed by atoms with Crippen LogP contribution in [0, 0.1) is 23.7 Å². The third-order valence-corrected chi connectivity index (χ3v) is 6.21. The molecule has 3 heteroatoms. The minimum Gasteiger partial charge on any atom is -0.366 e. The Morgan fingerprint density at radius 3 is 2.90 bits per heavy atom. The van der Waals surface area contributed by atoms with Crippen molar-refractivity contribution in [2.45, 2.75) is 44.7 Å². The molecule has 0 aromatic heterocycles. The molecule has 2 bridgehead atoms. The zero-order valence-electron chi connectivity index (χ0n) is 12.4. The zero-order chi connectivity index (χ0) is 14.4. The molecule has 1 amide bonds. The van der Waals surface area contributed by atoms with Crippen molar-refractivity contribution in [3.63, 3.8) is 0 Å². The Bertz CT molecular complexity index is 556. The van der Waals surface area contributed by atoms with Crippen LogP contribution in [0.5, 0.6) is 0 Å². The lowest BCUT2D eigenvalue weighted by atomic mass is 9.79. The van der Waals surface area contributed by atoms with Gasteiger partial charge in [-0.2, -0.15) is 0 Å². The standard InChI is InChI=1S/C18H24N2O/c19-18(21)12-4-1-3-11(7-12)10-20-17-9-13-8-16(17)15-6-2-5-14(13)15/h1,3-4,7,13-17,20H,2,5-6,8-10H2,(H2,19,21). The number of carbonyl (C=O) groups excluding carboxylic acids is 1. The van der Waals surface area contributed by atoms with E-state index in [9.17, 15) is 4.79 Å². The number of fused-ring (bicyclic) bond motifs is 5. The maximum atomic E-state index is 11.2. The van der Waals surface area contributed by atoms with Gasteiger partial charge in [0, 0.05) is 18.2 Å². The molecule has 3 N–H and O–H groups in total. The fraction of sp³-hybridized carbons (Fsp3) is 0.611. The Balaban J connectivity index is 1.40. The van der Waals surface area contributed by atoms with Crippen LogP contribution < -0.4 is 11.1 Å². The molecule has 0 heterocycles. The number of rotatable bonds is 4. The molecule has 1 aromatic carbocycles. The summed E-state index contributed by atoms with van der Waals surface area (Å²) in [7, 11) is 0. The summed E-state index contributed by atoms with van der Waals surface area (Å²) in [4.78, 5) is 11.2. The molecule has 4 rings (SSSR count). The summed E-state index contributed by atoms with van der Waals surface area (Å²) in [6.07, 6.45) is 7.21. The van der Waals surface area contributed by atoms with Crippen molar-refractivity contribution in [1.82, 2.24) is 5.32 Å². The quantitative estimate of drug-likeness (QED) is 0.893. The molecule has 112 valence electrons. The van der Waals surface area contributed by atoms with Crippen LogP contribution >= 0.6 is 0 Å². The zero-order valence-corrected chi connectivity index (χ0v) is 12.4. The molecule has 3 fully saturated rings. The Morgan fingerprint density at radius 2 is 2.05 bits per heavy atom. The third-order valence-electron chi connectivity index (χ3n) is 6.21. The van der Waals surface area contributed by atoms with Crippen molar-refractivity contribution in [1.29, 1.82) is 0 Å². The topological polar surface area (TPSA) is 55.1 Å². The molecule has 0 spiro atoms. The van der Waals surface area contributed by atoms with E-state index in [0.717, 1.165) is 35.8 Å². The molecule has 3 saturated carbocycles. The van der Waals surface area contributed by atoms with Gasteiger partial charge >= 0.3 is 0 Å². The lowest BCUT2D eigenvalue weighted by Gasteiger charge is -2.32. The summed E-state index contributed by atoms with van der Waals surface area (Å²) in [6, 6.07) is 8.38. The second kappa shape index (κ2) is 5.13. The van der Waals surface area contributed by atoms with Crippen LogP contribution in [0.1, 0.15) is 48.0 Å². The van der Waals surface area contributed by atoms with Crippen molar-refractivity contribution in [2.24, 2.45) is 29.4 Å². The molecule has 5 atom stereocenters. The second-order valence-electron chi connectivity index (χ2n) is 7.21. The molecular weight excluding hydrogens is 260 g/mol. The highest BCUT2D eigenvalue weighted by molar-refractivity contribution is 5.92. The fourth-order valence-corrected chi connectivity index (χ4v) is 5.39. The largest absolute Gasteiger partial charge is 0.366 e. The molecule has 1 aromatic rings. The number of carbonyl (C=O) groups is 1. The second-order valence-corrected chi connectivity index (χ2v) is 7.21. The number of benzene rings is 1. The van der Waals surface area contributed by atoms with Crippen LogP contribution in [0.2, 0.25) is 0 Å². The summed E-state index contributed by atoms with van der Waals surface area (Å²) >= 11 is 0. The Labute approximate surface area is 126 Å². The molecule has 3 nitrogen and oxygen atoms in total. The number of hydrogen-bond acceptors (Lipinski definition) is 2. The Morgan fingerprint density at radius 1 is 1.19 bits per heavy atom. The first kappa shape index (κ1) is 13.3. The first-order valence-corrected chi connectivity index (χ1v) is 8.34. The minimum absolute atomic E-state index is 0.342. The lowest BCUT2D eigenvalue weighted by Crippen LogP contribution is -2.38. The predicted octanol–water partition coefficient (Wildman–Crippen LogP) is 2.70. The predicted molar refractivity (Wildman–Crippen MR) is 82.6 cm³/mol. The monoisotopic (exact) mass is 284 g/mol. The number of nitrogens with one attached hydrogen (secondary N) is 1. The molecule has 0 radical (unpaired) electrons. The minimum atomic E-state index is -0.342. The highest BCUT2D eigenvalue weighted by Crippen LogP contribution is 2.58. The van der Waals surface area contributed by atoms with Crippen molar-refractivity contribution < 1.29 is 4.79 Å². The summed E-state index contributed by atoms with van der Waals surface area (Å²) in [5.74, 6) is 3.59. The van der Waals surface area contributed by atoms with E-state index in [1.54, 1.807) is 6.07 Å². The van der Waals surface area contributed by atoms with E-state index < -0.39 is 0 Å². The molecule has 5 unspecified atom stereocenters. The summed E-state index contributed by atoms with van der Waals surface area (Å²) in [5, 5.41) is 3.76. The first-order valence-electron chi connectivity index (χ1n) is 8.34. The van der Waals surface area contributed by atoms with Crippen molar-refractivity contribution in [3.05, 3.63) is 35.4 Å². The summed E-state index contributed by atoms with van der Waals surface area (Å²) in [6.45, 7) is 0.854. The van der Waals surface area contributed by atoms with Crippen LogP contribution in [0.3, 0.4) is 0 Å². The van der Waals surface area contributed by atoms with Crippen molar-refractivity contribution in [2.75, 3.05) is 0 Å². The maximum absolute atomic E-state index is 11.2. The highest BCUT2D eigenvalue weighted by Gasteiger charge is 2.53. The van der Waals surface area contributed by atoms with Gasteiger partial charge in [0.2, 0.25) is 5.91 Å². The van der Waals surface area contributed by atoms with Gasteiger partial charge in [0.05, 0.1) is 0 Å². The van der Waals surface area contributed by atoms with Gasteiger partial charge in [-0.1, -0.05) is 18.6 Å². The smallest absolute Gasteiger partial charge is 0.248 e. The summed E-state index contributed by atoms with van der Waals surface area (Å²) in [5.41, 5.74) is 7.12. The van der Waals surface area contributed by atoms with Crippen LogP contribution in [-0.2, 0) is 6.54 Å². The van der Waals surface area contributed by atoms with E-state index >= 15 is 0 Å². The SMILES string of the molecule is NC(=O)c1cccc(CNC2CC3CC2C2CCCC32)c1. The number of hydrogen-bond donors (Lipinski definition) is 2. The van der Waals surface area contributed by atoms with Crippen LogP contribution in [-0.4, -0.2) is 11.9 Å². The van der Waals surface area contributed by atoms with Gasteiger partial charge in [-0.25, -0.2) is 0 Å². The van der Waals surface area contributed by atoms with E-state index in [4.69, 9.17) is 5.73 Å². The third kappa shape index (κ3) is 2.28. The van der Waals surface area contributed by atoms with E-state index in [2.05, 4.69) is 11.4 Å². The van der Waals surface area contributed by atoms with E-state index in [-0.39, 0.29) is 5.91 Å². The van der Waals surface area contributed by atoms with Gasteiger partial charge in [0.1, 0.15) is 0 Å². The van der Waals surface area contributed by atoms with Gasteiger partial charge in [-0.05, 0) is 67.1 Å². The maximum Gasteiger partial charge on any atom is 0.248 e. The van der Waals surface area contributed by atoms with Gasteiger partial charge in [0.15, 0.2) is 0 Å². The molecule has 21 heavy (non-hydrogen) atoms. The summed E-state index contributed by atoms with van der Waals surface area (Å²) < 4.78 is 0. The van der Waals surface area contributed by atoms with E-state index in [0.29, 0.717) is 11.6 Å². The van der Waals surface area contributed by atoms with Gasteiger partial charge < -0.3 is 11.1 Å². The van der Waals surface area contributed by atoms with Crippen LogP contribution in [0.15, 0.2) is 24.3 Å². The first-order chi connectivity index (χ1) is 10.2. The number of nitrogens with two attached hydrogens (primary N) is 1. The lowest BCUT2D eigenvalue weighted by molar-refractivity contribution is 0.1000. The van der Waals surface area contributed by atoms with E-state index in [1.165, 1.54) is 32.1 Å². The Kier molecular flexibility index (Phi) is 3.26. The van der Waals surface area contributed by atoms with Gasteiger partial charge in [-0.15, -0.1) is 0 Å². The highest BCUT2D eigenvalue weighted by atomic mass is 16.1. The fourth-order valence-electron chi connectivity index (χ4n) is 5.39. The van der Waals surface area contributed by atoms with Crippen molar-refractivity contribution >= 4 is 5.91 Å². The molecule has 0 aliphatic heterocycles.